The molecule has 0 N–H and O–H groups in total. The quantitative estimate of drug-likeness (QED) is 0.629. The minimum absolute atomic E-state index is 0.0400. The van der Waals surface area contributed by atoms with Crippen LogP contribution in [0, 0.1) is 0 Å². The maximum absolute atomic E-state index is 11.4. The molecular weight excluding hydrogens is 178 g/mol. The van der Waals surface area contributed by atoms with Crippen LogP contribution in [-0.2, 0) is 9.53 Å². The summed E-state index contributed by atoms with van der Waals surface area (Å²) in [6, 6.07) is 0.727. The van der Waals surface area contributed by atoms with E-state index in [-0.39, 0.29) is 12.0 Å². The second-order valence-electron chi connectivity index (χ2n) is 4.36. The minimum atomic E-state index is -0.0400. The molecule has 0 radical (unpaired) electrons. The first-order valence-corrected chi connectivity index (χ1v) is 5.66. The van der Waals surface area contributed by atoms with Crippen LogP contribution in [0.2, 0.25) is 0 Å². The molecule has 1 saturated carbocycles. The van der Waals surface area contributed by atoms with E-state index in [0.717, 1.165) is 13.0 Å². The van der Waals surface area contributed by atoms with Crippen LogP contribution >= 0.6 is 0 Å². The third-order valence-electron chi connectivity index (χ3n) is 3.58. The van der Waals surface area contributed by atoms with Gasteiger partial charge in [0, 0.05) is 12.6 Å². The molecule has 1 aliphatic carbocycles. The normalized spacial score (nSPS) is 29.6. The Morgan fingerprint density at radius 3 is 2.43 bits per heavy atom. The summed E-state index contributed by atoms with van der Waals surface area (Å²) in [7, 11) is 1.49. The Balaban J connectivity index is 1.88. The molecule has 0 spiro atoms. The van der Waals surface area contributed by atoms with Gasteiger partial charge in [-0.1, -0.05) is 19.3 Å². The highest BCUT2D eigenvalue weighted by molar-refractivity contribution is 5.76. The Hall–Kier alpha value is -0.570. The molecule has 1 saturated heterocycles. The van der Waals surface area contributed by atoms with Gasteiger partial charge in [-0.15, -0.1) is 0 Å². The first-order valence-electron chi connectivity index (χ1n) is 5.66. The zero-order chi connectivity index (χ0) is 9.97. The largest absolute Gasteiger partial charge is 0.468 e. The number of carbonyl (C=O) groups is 1. The van der Waals surface area contributed by atoms with Crippen molar-refractivity contribution in [2.75, 3.05) is 13.7 Å². The fraction of sp³-hybridized carbons (Fsp3) is 0.909. The topological polar surface area (TPSA) is 29.5 Å². The van der Waals surface area contributed by atoms with E-state index in [1.54, 1.807) is 0 Å². The summed E-state index contributed by atoms with van der Waals surface area (Å²) in [5, 5.41) is 0. The summed E-state index contributed by atoms with van der Waals surface area (Å²) in [5.74, 6) is -0.0400. The highest BCUT2D eigenvalue weighted by atomic mass is 16.5. The summed E-state index contributed by atoms with van der Waals surface area (Å²) >= 11 is 0. The number of likely N-dealkylation sites (tertiary alicyclic amines) is 1. The lowest BCUT2D eigenvalue weighted by molar-refractivity contribution is -0.154. The van der Waals surface area contributed by atoms with Gasteiger partial charge in [0.1, 0.15) is 6.04 Å². The van der Waals surface area contributed by atoms with E-state index in [1.165, 1.54) is 39.2 Å². The lowest BCUT2D eigenvalue weighted by Crippen LogP contribution is -2.57. The van der Waals surface area contributed by atoms with Gasteiger partial charge >= 0.3 is 5.97 Å². The highest BCUT2D eigenvalue weighted by Crippen LogP contribution is 2.30. The standard InChI is InChI=1S/C11H19NO2/c1-14-11(13)10-7-8-12(10)9-5-3-2-4-6-9/h9-10H,2-8H2,1H3/t10-/m0/s1. The zero-order valence-corrected chi connectivity index (χ0v) is 8.87. The SMILES string of the molecule is COC(=O)[C@@H]1CCN1C1CCCCC1. The molecule has 14 heavy (non-hydrogen) atoms. The molecule has 80 valence electrons. The summed E-state index contributed by atoms with van der Waals surface area (Å²) in [6.07, 6.45) is 7.56. The smallest absolute Gasteiger partial charge is 0.323 e. The number of hydrogen-bond donors (Lipinski definition) is 0. The Morgan fingerprint density at radius 1 is 1.21 bits per heavy atom. The van der Waals surface area contributed by atoms with Crippen molar-refractivity contribution in [3.63, 3.8) is 0 Å². The second kappa shape index (κ2) is 4.30. The molecule has 3 heteroatoms. The molecular formula is C11H19NO2. The van der Waals surface area contributed by atoms with Crippen molar-refractivity contribution in [1.82, 2.24) is 4.90 Å². The van der Waals surface area contributed by atoms with E-state index >= 15 is 0 Å². The molecule has 1 aliphatic heterocycles. The molecule has 3 nitrogen and oxygen atoms in total. The van der Waals surface area contributed by atoms with Crippen LogP contribution in [0.15, 0.2) is 0 Å². The van der Waals surface area contributed by atoms with E-state index in [0.29, 0.717) is 6.04 Å². The van der Waals surface area contributed by atoms with Gasteiger partial charge in [0.25, 0.3) is 0 Å². The summed E-state index contributed by atoms with van der Waals surface area (Å²) in [4.78, 5) is 13.7. The lowest BCUT2D eigenvalue weighted by atomic mass is 9.89. The summed E-state index contributed by atoms with van der Waals surface area (Å²) in [5.41, 5.74) is 0. The van der Waals surface area contributed by atoms with Gasteiger partial charge in [0.05, 0.1) is 7.11 Å². The molecule has 0 bridgehead atoms. The number of methoxy groups -OCH3 is 1. The first kappa shape index (κ1) is 9.97. The van der Waals surface area contributed by atoms with Crippen molar-refractivity contribution in [3.05, 3.63) is 0 Å². The molecule has 0 amide bonds. The second-order valence-corrected chi connectivity index (χ2v) is 4.36. The predicted octanol–water partition coefficient (Wildman–Crippen LogP) is 1.57. The van der Waals surface area contributed by atoms with E-state index in [1.807, 2.05) is 0 Å². The van der Waals surface area contributed by atoms with Gasteiger partial charge in [-0.25, -0.2) is 0 Å². The van der Waals surface area contributed by atoms with Crippen LogP contribution in [0.1, 0.15) is 38.5 Å². The maximum Gasteiger partial charge on any atom is 0.323 e. The van der Waals surface area contributed by atoms with Crippen molar-refractivity contribution in [1.29, 1.82) is 0 Å². The Kier molecular flexibility index (Phi) is 3.06. The van der Waals surface area contributed by atoms with E-state index in [4.69, 9.17) is 4.74 Å². The summed E-state index contributed by atoms with van der Waals surface area (Å²) < 4.78 is 4.79. The van der Waals surface area contributed by atoms with Crippen LogP contribution in [0.5, 0.6) is 0 Å². The molecule has 0 aromatic carbocycles. The molecule has 0 aromatic heterocycles. The van der Waals surface area contributed by atoms with Crippen molar-refractivity contribution in [2.45, 2.75) is 50.6 Å². The number of rotatable bonds is 2. The predicted molar refractivity (Wildman–Crippen MR) is 54.0 cm³/mol. The number of esters is 1. The Bertz CT molecular complexity index is 211. The van der Waals surface area contributed by atoms with E-state index < -0.39 is 0 Å². The number of hydrogen-bond acceptors (Lipinski definition) is 3. The van der Waals surface area contributed by atoms with Gasteiger partial charge in [-0.2, -0.15) is 0 Å². The van der Waals surface area contributed by atoms with Crippen LogP contribution < -0.4 is 0 Å². The molecule has 1 heterocycles. The molecule has 2 fully saturated rings. The van der Waals surface area contributed by atoms with Crippen molar-refractivity contribution < 1.29 is 9.53 Å². The van der Waals surface area contributed by atoms with Crippen LogP contribution in [0.3, 0.4) is 0 Å². The Labute approximate surface area is 85.4 Å². The van der Waals surface area contributed by atoms with Crippen LogP contribution in [0.25, 0.3) is 0 Å². The number of ether oxygens (including phenoxy) is 1. The first-order chi connectivity index (χ1) is 6.83. The zero-order valence-electron chi connectivity index (χ0n) is 8.87. The highest BCUT2D eigenvalue weighted by Gasteiger charge is 2.39. The molecule has 1 atom stereocenters. The van der Waals surface area contributed by atoms with Gasteiger partial charge < -0.3 is 4.74 Å². The van der Waals surface area contributed by atoms with Gasteiger partial charge in [-0.05, 0) is 19.3 Å². The molecule has 2 rings (SSSR count). The van der Waals surface area contributed by atoms with Gasteiger partial charge in [0.2, 0.25) is 0 Å². The lowest BCUT2D eigenvalue weighted by Gasteiger charge is -2.45. The minimum Gasteiger partial charge on any atom is -0.468 e. The Morgan fingerprint density at radius 2 is 1.93 bits per heavy atom. The summed E-state index contributed by atoms with van der Waals surface area (Å²) in [6.45, 7) is 1.09. The van der Waals surface area contributed by atoms with E-state index in [9.17, 15) is 4.79 Å². The third-order valence-corrected chi connectivity index (χ3v) is 3.58. The third kappa shape index (κ3) is 1.78. The maximum atomic E-state index is 11.4. The average Bonchev–Trinajstić information content (AvgIpc) is 2.17. The van der Waals surface area contributed by atoms with Crippen LogP contribution in [0.4, 0.5) is 0 Å². The van der Waals surface area contributed by atoms with Crippen LogP contribution in [-0.4, -0.2) is 36.6 Å². The number of carbonyl (C=O) groups excluding carboxylic acids is 1. The monoisotopic (exact) mass is 197 g/mol. The fourth-order valence-electron chi connectivity index (χ4n) is 2.65. The molecule has 2 aliphatic rings. The van der Waals surface area contributed by atoms with Gasteiger partial charge in [0.15, 0.2) is 0 Å². The average molecular weight is 197 g/mol. The van der Waals surface area contributed by atoms with Crippen molar-refractivity contribution in [2.24, 2.45) is 0 Å². The van der Waals surface area contributed by atoms with Gasteiger partial charge in [-0.3, -0.25) is 9.69 Å². The molecule has 0 aromatic rings. The van der Waals surface area contributed by atoms with Crippen molar-refractivity contribution >= 4 is 5.97 Å². The fourth-order valence-corrected chi connectivity index (χ4v) is 2.65. The van der Waals surface area contributed by atoms with Crippen molar-refractivity contribution in [3.8, 4) is 0 Å². The molecule has 0 unspecified atom stereocenters. The number of nitrogens with zero attached hydrogens (tertiary/aromatic N) is 1. The van der Waals surface area contributed by atoms with E-state index in [2.05, 4.69) is 4.90 Å².